The Morgan fingerprint density at radius 3 is 2.43 bits per heavy atom. The fourth-order valence-electron chi connectivity index (χ4n) is 1.80. The van der Waals surface area contributed by atoms with Crippen molar-refractivity contribution in [1.82, 2.24) is 4.90 Å². The molecule has 0 bridgehead atoms. The van der Waals surface area contributed by atoms with Crippen LogP contribution in [0.5, 0.6) is 0 Å². The van der Waals surface area contributed by atoms with Crippen LogP contribution in [-0.2, 0) is 9.59 Å². The molecule has 0 aliphatic rings. The van der Waals surface area contributed by atoms with Crippen LogP contribution >= 0.6 is 23.4 Å². The van der Waals surface area contributed by atoms with Crippen molar-refractivity contribution < 1.29 is 14.7 Å². The summed E-state index contributed by atoms with van der Waals surface area (Å²) in [5, 5.41) is 9.54. The van der Waals surface area contributed by atoms with Crippen LogP contribution in [0, 0.1) is 5.92 Å². The van der Waals surface area contributed by atoms with Crippen molar-refractivity contribution in [2.45, 2.75) is 25.2 Å². The molecule has 0 saturated carbocycles. The Morgan fingerprint density at radius 2 is 1.90 bits per heavy atom. The standard InChI is InChI=1S/C15H20ClNO3S/c1-11(2)9-17(10-15(19)20)14(18)7-8-21-13-5-3-12(16)4-6-13/h3-6,11H,7-10H2,1-2H3,(H,19,20). The number of halogens is 1. The highest BCUT2D eigenvalue weighted by Crippen LogP contribution is 2.21. The molecule has 0 saturated heterocycles. The van der Waals surface area contributed by atoms with Gasteiger partial charge in [-0.15, -0.1) is 11.8 Å². The molecule has 1 aromatic carbocycles. The highest BCUT2D eigenvalue weighted by molar-refractivity contribution is 7.99. The Bertz CT molecular complexity index is 476. The third-order valence-corrected chi connectivity index (χ3v) is 3.93. The molecule has 6 heteroatoms. The quantitative estimate of drug-likeness (QED) is 0.743. The second-order valence-corrected chi connectivity index (χ2v) is 6.72. The molecule has 4 nitrogen and oxygen atoms in total. The number of rotatable bonds is 8. The number of hydrogen-bond donors (Lipinski definition) is 1. The molecular weight excluding hydrogens is 310 g/mol. The molecule has 0 heterocycles. The van der Waals surface area contributed by atoms with E-state index in [9.17, 15) is 9.59 Å². The van der Waals surface area contributed by atoms with Crippen LogP contribution in [0.3, 0.4) is 0 Å². The SMILES string of the molecule is CC(C)CN(CC(=O)O)C(=O)CCSc1ccc(Cl)cc1. The minimum Gasteiger partial charge on any atom is -0.480 e. The molecule has 1 aromatic rings. The lowest BCUT2D eigenvalue weighted by atomic mass is 10.2. The third kappa shape index (κ3) is 7.39. The smallest absolute Gasteiger partial charge is 0.323 e. The van der Waals surface area contributed by atoms with E-state index in [0.717, 1.165) is 4.90 Å². The largest absolute Gasteiger partial charge is 0.480 e. The maximum absolute atomic E-state index is 12.1. The molecule has 0 unspecified atom stereocenters. The maximum Gasteiger partial charge on any atom is 0.323 e. The van der Waals surface area contributed by atoms with Gasteiger partial charge in [-0.1, -0.05) is 25.4 Å². The minimum absolute atomic E-state index is 0.118. The van der Waals surface area contributed by atoms with Crippen LogP contribution in [0.2, 0.25) is 5.02 Å². The van der Waals surface area contributed by atoms with Gasteiger partial charge >= 0.3 is 5.97 Å². The zero-order valence-corrected chi connectivity index (χ0v) is 13.8. The number of carboxylic acid groups (broad SMARTS) is 1. The van der Waals surface area contributed by atoms with Crippen LogP contribution in [-0.4, -0.2) is 40.7 Å². The number of benzene rings is 1. The first kappa shape index (κ1) is 17.9. The molecule has 1 rings (SSSR count). The number of carbonyl (C=O) groups is 2. The first-order valence-electron chi connectivity index (χ1n) is 6.76. The summed E-state index contributed by atoms with van der Waals surface area (Å²) < 4.78 is 0. The first-order chi connectivity index (χ1) is 9.88. The fourth-order valence-corrected chi connectivity index (χ4v) is 2.77. The second-order valence-electron chi connectivity index (χ2n) is 5.11. The summed E-state index contributed by atoms with van der Waals surface area (Å²) >= 11 is 7.37. The van der Waals surface area contributed by atoms with Gasteiger partial charge in [0, 0.05) is 28.6 Å². The highest BCUT2D eigenvalue weighted by Gasteiger charge is 2.17. The summed E-state index contributed by atoms with van der Waals surface area (Å²) in [6.07, 6.45) is 0.327. The molecule has 21 heavy (non-hydrogen) atoms. The predicted molar refractivity (Wildman–Crippen MR) is 85.8 cm³/mol. The molecule has 116 valence electrons. The van der Waals surface area contributed by atoms with Crippen LogP contribution in [0.15, 0.2) is 29.2 Å². The van der Waals surface area contributed by atoms with Gasteiger partial charge in [0.2, 0.25) is 5.91 Å². The summed E-state index contributed by atoms with van der Waals surface area (Å²) in [4.78, 5) is 25.4. The summed E-state index contributed by atoms with van der Waals surface area (Å²) in [5.41, 5.74) is 0. The van der Waals surface area contributed by atoms with E-state index in [1.165, 1.54) is 4.90 Å². The van der Waals surface area contributed by atoms with E-state index < -0.39 is 5.97 Å². The molecule has 1 N–H and O–H groups in total. The van der Waals surface area contributed by atoms with E-state index in [-0.39, 0.29) is 18.4 Å². The van der Waals surface area contributed by atoms with Gasteiger partial charge in [0.1, 0.15) is 6.54 Å². The van der Waals surface area contributed by atoms with Gasteiger partial charge in [0.05, 0.1) is 0 Å². The van der Waals surface area contributed by atoms with Gasteiger partial charge in [-0.3, -0.25) is 9.59 Å². The van der Waals surface area contributed by atoms with Crippen LogP contribution in [0.4, 0.5) is 0 Å². The zero-order chi connectivity index (χ0) is 15.8. The predicted octanol–water partition coefficient (Wildman–Crippen LogP) is 3.39. The van der Waals surface area contributed by atoms with Gasteiger partial charge in [-0.2, -0.15) is 0 Å². The van der Waals surface area contributed by atoms with Crippen molar-refractivity contribution in [2.24, 2.45) is 5.92 Å². The van der Waals surface area contributed by atoms with Gasteiger partial charge in [-0.05, 0) is 30.2 Å². The molecule has 0 spiro atoms. The van der Waals surface area contributed by atoms with Crippen LogP contribution < -0.4 is 0 Å². The number of thioether (sulfide) groups is 1. The van der Waals surface area contributed by atoms with Gasteiger partial charge in [0.25, 0.3) is 0 Å². The van der Waals surface area contributed by atoms with Crippen molar-refractivity contribution in [2.75, 3.05) is 18.8 Å². The van der Waals surface area contributed by atoms with Crippen molar-refractivity contribution in [3.8, 4) is 0 Å². The summed E-state index contributed by atoms with van der Waals surface area (Å²) in [7, 11) is 0. The van der Waals surface area contributed by atoms with E-state index in [1.807, 2.05) is 26.0 Å². The fraction of sp³-hybridized carbons (Fsp3) is 0.467. The van der Waals surface area contributed by atoms with Crippen molar-refractivity contribution >= 4 is 35.2 Å². The van der Waals surface area contributed by atoms with E-state index >= 15 is 0 Å². The molecule has 0 aliphatic heterocycles. The molecule has 0 fully saturated rings. The Hall–Kier alpha value is -1.20. The van der Waals surface area contributed by atoms with E-state index in [4.69, 9.17) is 16.7 Å². The van der Waals surface area contributed by atoms with E-state index in [1.54, 1.807) is 23.9 Å². The van der Waals surface area contributed by atoms with Crippen LogP contribution in [0.1, 0.15) is 20.3 Å². The minimum atomic E-state index is -0.977. The summed E-state index contributed by atoms with van der Waals surface area (Å²) in [5.74, 6) is -0.228. The van der Waals surface area contributed by atoms with Crippen molar-refractivity contribution in [3.63, 3.8) is 0 Å². The number of amides is 1. The molecular formula is C15H20ClNO3S. The molecule has 0 aromatic heterocycles. The monoisotopic (exact) mass is 329 g/mol. The Labute approximate surface area is 134 Å². The summed E-state index contributed by atoms with van der Waals surface area (Å²) in [6.45, 7) is 4.16. The lowest BCUT2D eigenvalue weighted by Crippen LogP contribution is -2.38. The number of carbonyl (C=O) groups excluding carboxylic acids is 1. The Balaban J connectivity index is 2.45. The number of aliphatic carboxylic acids is 1. The number of carboxylic acids is 1. The second kappa shape index (κ2) is 8.95. The lowest BCUT2D eigenvalue weighted by Gasteiger charge is -2.22. The first-order valence-corrected chi connectivity index (χ1v) is 8.12. The Kier molecular flexibility index (Phi) is 7.61. The van der Waals surface area contributed by atoms with Crippen molar-refractivity contribution in [3.05, 3.63) is 29.3 Å². The van der Waals surface area contributed by atoms with Crippen LogP contribution in [0.25, 0.3) is 0 Å². The molecule has 0 atom stereocenters. The number of nitrogens with zero attached hydrogens (tertiary/aromatic N) is 1. The molecule has 1 amide bonds. The average Bonchev–Trinajstić information content (AvgIpc) is 2.39. The normalized spacial score (nSPS) is 10.7. The topological polar surface area (TPSA) is 57.6 Å². The maximum atomic E-state index is 12.1. The van der Waals surface area contributed by atoms with Gasteiger partial charge in [-0.25, -0.2) is 0 Å². The molecule has 0 aliphatic carbocycles. The average molecular weight is 330 g/mol. The van der Waals surface area contributed by atoms with Gasteiger partial charge in [0.15, 0.2) is 0 Å². The van der Waals surface area contributed by atoms with Gasteiger partial charge < -0.3 is 10.0 Å². The molecule has 0 radical (unpaired) electrons. The zero-order valence-electron chi connectivity index (χ0n) is 12.2. The van der Waals surface area contributed by atoms with Crippen molar-refractivity contribution in [1.29, 1.82) is 0 Å². The number of hydrogen-bond acceptors (Lipinski definition) is 3. The Morgan fingerprint density at radius 1 is 1.29 bits per heavy atom. The van der Waals surface area contributed by atoms with E-state index in [2.05, 4.69) is 0 Å². The van der Waals surface area contributed by atoms with E-state index in [0.29, 0.717) is 23.7 Å². The lowest BCUT2D eigenvalue weighted by molar-refractivity contribution is -0.144. The third-order valence-electron chi connectivity index (χ3n) is 2.66. The summed E-state index contributed by atoms with van der Waals surface area (Å²) in [6, 6.07) is 7.42. The highest BCUT2D eigenvalue weighted by atomic mass is 35.5.